The van der Waals surface area contributed by atoms with E-state index in [-0.39, 0.29) is 6.54 Å². The fourth-order valence-corrected chi connectivity index (χ4v) is 2.06. The lowest BCUT2D eigenvalue weighted by Crippen LogP contribution is -2.40. The van der Waals surface area contributed by atoms with Crippen LogP contribution in [0.1, 0.15) is 26.2 Å². The van der Waals surface area contributed by atoms with Crippen molar-refractivity contribution in [1.82, 2.24) is 4.90 Å². The van der Waals surface area contributed by atoms with Crippen LogP contribution in [0.2, 0.25) is 0 Å². The smallest absolute Gasteiger partial charge is 0.257 e. The predicted molar refractivity (Wildman–Crippen MR) is 53.5 cm³/mol. The normalized spacial score (nSPS) is 21.4. The molecule has 1 aliphatic heterocycles. The molecule has 84 valence electrons. The molecule has 0 aromatic carbocycles. The Balaban J connectivity index is 2.22. The van der Waals surface area contributed by atoms with Crippen LogP contribution in [-0.4, -0.2) is 37.0 Å². The molecular weight excluding hydrogens is 186 g/mol. The lowest BCUT2D eigenvalue weighted by atomic mass is 9.93. The quantitative estimate of drug-likeness (QED) is 0.758. The first-order chi connectivity index (χ1) is 6.51. The summed E-state index contributed by atoms with van der Waals surface area (Å²) in [6.07, 6.45) is 3.08. The summed E-state index contributed by atoms with van der Waals surface area (Å²) in [6, 6.07) is 0. The molecular formula is C10H20F2N2. The fraction of sp³-hybridized carbons (Fsp3) is 1.00. The van der Waals surface area contributed by atoms with Gasteiger partial charge in [0, 0.05) is 6.92 Å². The highest BCUT2D eigenvalue weighted by Crippen LogP contribution is 2.22. The van der Waals surface area contributed by atoms with Gasteiger partial charge in [-0.3, -0.25) is 4.90 Å². The van der Waals surface area contributed by atoms with E-state index in [1.54, 1.807) is 0 Å². The van der Waals surface area contributed by atoms with E-state index < -0.39 is 5.92 Å². The van der Waals surface area contributed by atoms with Crippen LogP contribution in [0.4, 0.5) is 8.78 Å². The van der Waals surface area contributed by atoms with E-state index in [4.69, 9.17) is 5.73 Å². The summed E-state index contributed by atoms with van der Waals surface area (Å²) in [5.74, 6) is -1.90. The minimum atomic E-state index is -2.55. The summed E-state index contributed by atoms with van der Waals surface area (Å²) in [5.41, 5.74) is 5.46. The Morgan fingerprint density at radius 3 is 2.36 bits per heavy atom. The number of likely N-dealkylation sites (tertiary alicyclic amines) is 1. The van der Waals surface area contributed by atoms with Crippen molar-refractivity contribution < 1.29 is 8.78 Å². The van der Waals surface area contributed by atoms with Crippen LogP contribution >= 0.6 is 0 Å². The topological polar surface area (TPSA) is 29.3 Å². The molecule has 2 nitrogen and oxygen atoms in total. The molecule has 0 aromatic rings. The molecule has 1 rings (SSSR count). The van der Waals surface area contributed by atoms with Crippen molar-refractivity contribution in [3.63, 3.8) is 0 Å². The summed E-state index contributed by atoms with van der Waals surface area (Å²) in [7, 11) is 0. The molecule has 2 N–H and O–H groups in total. The molecule has 1 heterocycles. The highest BCUT2D eigenvalue weighted by atomic mass is 19.3. The number of rotatable bonds is 4. The lowest BCUT2D eigenvalue weighted by molar-refractivity contribution is -0.0224. The summed E-state index contributed by atoms with van der Waals surface area (Å²) >= 11 is 0. The zero-order valence-corrected chi connectivity index (χ0v) is 8.81. The third-order valence-corrected chi connectivity index (χ3v) is 2.78. The van der Waals surface area contributed by atoms with Gasteiger partial charge in [-0.25, -0.2) is 8.78 Å². The highest BCUT2D eigenvalue weighted by Gasteiger charge is 2.27. The van der Waals surface area contributed by atoms with E-state index in [1.165, 1.54) is 0 Å². The average Bonchev–Trinajstić information content (AvgIpc) is 2.06. The number of nitrogens with two attached hydrogens (primary N) is 1. The standard InChI is InChI=1S/C10H20F2N2/c1-10(11,12)8-14-6-3-9(2-5-13)4-7-14/h9H,2-8,13H2,1H3. The van der Waals surface area contributed by atoms with Gasteiger partial charge < -0.3 is 5.73 Å². The molecule has 1 fully saturated rings. The van der Waals surface area contributed by atoms with Crippen LogP contribution in [-0.2, 0) is 0 Å². The van der Waals surface area contributed by atoms with Crippen molar-refractivity contribution >= 4 is 0 Å². The Kier molecular flexibility index (Phi) is 4.26. The van der Waals surface area contributed by atoms with Gasteiger partial charge in [0.2, 0.25) is 0 Å². The maximum Gasteiger partial charge on any atom is 0.257 e. The molecule has 0 unspecified atom stereocenters. The first-order valence-corrected chi connectivity index (χ1v) is 5.31. The molecule has 1 aliphatic rings. The number of piperidine rings is 1. The van der Waals surface area contributed by atoms with Gasteiger partial charge in [-0.1, -0.05) is 0 Å². The molecule has 0 radical (unpaired) electrons. The van der Waals surface area contributed by atoms with Gasteiger partial charge in [-0.05, 0) is 44.8 Å². The van der Waals surface area contributed by atoms with E-state index in [0.717, 1.165) is 39.3 Å². The zero-order valence-electron chi connectivity index (χ0n) is 8.81. The molecule has 0 bridgehead atoms. The van der Waals surface area contributed by atoms with Gasteiger partial charge in [0.25, 0.3) is 5.92 Å². The second kappa shape index (κ2) is 5.03. The largest absolute Gasteiger partial charge is 0.330 e. The summed E-state index contributed by atoms with van der Waals surface area (Å²) < 4.78 is 25.4. The van der Waals surface area contributed by atoms with Crippen molar-refractivity contribution in [2.24, 2.45) is 11.7 Å². The first-order valence-electron chi connectivity index (χ1n) is 5.31. The zero-order chi connectivity index (χ0) is 10.6. The van der Waals surface area contributed by atoms with Gasteiger partial charge >= 0.3 is 0 Å². The minimum absolute atomic E-state index is 0.0949. The second-order valence-electron chi connectivity index (χ2n) is 4.37. The monoisotopic (exact) mass is 206 g/mol. The SMILES string of the molecule is CC(F)(F)CN1CCC(CCN)CC1. The van der Waals surface area contributed by atoms with E-state index in [2.05, 4.69) is 0 Å². The molecule has 4 heteroatoms. The average molecular weight is 206 g/mol. The number of halogens is 2. The van der Waals surface area contributed by atoms with Gasteiger partial charge in [0.15, 0.2) is 0 Å². The van der Waals surface area contributed by atoms with Crippen molar-refractivity contribution in [2.75, 3.05) is 26.2 Å². The first kappa shape index (κ1) is 11.9. The highest BCUT2D eigenvalue weighted by molar-refractivity contribution is 4.75. The van der Waals surface area contributed by atoms with E-state index in [9.17, 15) is 8.78 Å². The second-order valence-corrected chi connectivity index (χ2v) is 4.37. The van der Waals surface area contributed by atoms with Crippen LogP contribution in [0.25, 0.3) is 0 Å². The van der Waals surface area contributed by atoms with Crippen molar-refractivity contribution in [1.29, 1.82) is 0 Å². The van der Waals surface area contributed by atoms with E-state index in [1.807, 2.05) is 4.90 Å². The van der Waals surface area contributed by atoms with Crippen LogP contribution < -0.4 is 5.73 Å². The maximum absolute atomic E-state index is 12.7. The summed E-state index contributed by atoms with van der Waals surface area (Å²) in [6.45, 7) is 3.21. The molecule has 0 spiro atoms. The van der Waals surface area contributed by atoms with E-state index >= 15 is 0 Å². The Hall–Kier alpha value is -0.220. The van der Waals surface area contributed by atoms with Gasteiger partial charge in [0.1, 0.15) is 0 Å². The number of alkyl halides is 2. The molecule has 14 heavy (non-hydrogen) atoms. The number of hydrogen-bond donors (Lipinski definition) is 1. The number of nitrogens with zero attached hydrogens (tertiary/aromatic N) is 1. The lowest BCUT2D eigenvalue weighted by Gasteiger charge is -2.33. The molecule has 0 aromatic heterocycles. The summed E-state index contributed by atoms with van der Waals surface area (Å²) in [5, 5.41) is 0. The Morgan fingerprint density at radius 1 is 1.36 bits per heavy atom. The Labute approximate surface area is 84.4 Å². The molecule has 1 saturated heterocycles. The van der Waals surface area contributed by atoms with E-state index in [0.29, 0.717) is 12.5 Å². The van der Waals surface area contributed by atoms with Crippen LogP contribution in [0.5, 0.6) is 0 Å². The molecule has 0 atom stereocenters. The molecule has 0 saturated carbocycles. The molecule has 0 aliphatic carbocycles. The van der Waals surface area contributed by atoms with Gasteiger partial charge in [0.05, 0.1) is 6.54 Å². The van der Waals surface area contributed by atoms with Crippen molar-refractivity contribution in [3.8, 4) is 0 Å². The predicted octanol–water partition coefficient (Wildman–Crippen LogP) is 1.70. The van der Waals surface area contributed by atoms with Gasteiger partial charge in [-0.2, -0.15) is 0 Å². The van der Waals surface area contributed by atoms with Gasteiger partial charge in [-0.15, -0.1) is 0 Å². The minimum Gasteiger partial charge on any atom is -0.330 e. The van der Waals surface area contributed by atoms with Crippen LogP contribution in [0.3, 0.4) is 0 Å². The van der Waals surface area contributed by atoms with Crippen LogP contribution in [0.15, 0.2) is 0 Å². The van der Waals surface area contributed by atoms with Crippen LogP contribution in [0, 0.1) is 5.92 Å². The number of hydrogen-bond acceptors (Lipinski definition) is 2. The third-order valence-electron chi connectivity index (χ3n) is 2.78. The maximum atomic E-state index is 12.7. The van der Waals surface area contributed by atoms with Crippen molar-refractivity contribution in [2.45, 2.75) is 32.1 Å². The Morgan fingerprint density at radius 2 is 1.93 bits per heavy atom. The van der Waals surface area contributed by atoms with Crippen molar-refractivity contribution in [3.05, 3.63) is 0 Å². The molecule has 0 amide bonds. The fourth-order valence-electron chi connectivity index (χ4n) is 2.06. The third kappa shape index (κ3) is 4.33. The summed E-state index contributed by atoms with van der Waals surface area (Å²) in [4.78, 5) is 1.85. The Bertz CT molecular complexity index is 160.